The molecular weight excluding hydrogens is 391 g/mol. The Morgan fingerprint density at radius 3 is 2.52 bits per heavy atom. The minimum Gasteiger partial charge on any atom is -0.381 e. The SMILES string of the molecule is CS(=O)(=O)c1ccc(/C(=C\C2CCOCC2)C(=O)Nc2ncc(F)s2)cc1. The number of aromatic nitrogens is 1. The van der Waals surface area contributed by atoms with Crippen LogP contribution in [0.1, 0.15) is 18.4 Å². The molecule has 6 nitrogen and oxygen atoms in total. The second-order valence-corrected chi connectivity index (χ2v) is 9.25. The van der Waals surface area contributed by atoms with Gasteiger partial charge in [0.05, 0.1) is 11.1 Å². The molecule has 1 aliphatic rings. The van der Waals surface area contributed by atoms with Crippen molar-refractivity contribution in [3.63, 3.8) is 0 Å². The van der Waals surface area contributed by atoms with Gasteiger partial charge in [0.1, 0.15) is 0 Å². The Balaban J connectivity index is 1.91. The van der Waals surface area contributed by atoms with Gasteiger partial charge in [-0.1, -0.05) is 29.5 Å². The van der Waals surface area contributed by atoms with E-state index in [0.717, 1.165) is 36.6 Å². The first-order valence-corrected chi connectivity index (χ1v) is 11.1. The number of halogens is 1. The Bertz CT molecular complexity index is 946. The largest absolute Gasteiger partial charge is 0.381 e. The van der Waals surface area contributed by atoms with Crippen molar-refractivity contribution in [1.82, 2.24) is 4.98 Å². The molecule has 0 bridgehead atoms. The molecule has 1 saturated heterocycles. The van der Waals surface area contributed by atoms with Gasteiger partial charge in [-0.2, -0.15) is 4.39 Å². The van der Waals surface area contributed by atoms with Crippen LogP contribution in [0.2, 0.25) is 0 Å². The van der Waals surface area contributed by atoms with Gasteiger partial charge in [0.15, 0.2) is 20.1 Å². The summed E-state index contributed by atoms with van der Waals surface area (Å²) < 4.78 is 41.8. The first-order valence-electron chi connectivity index (χ1n) is 8.35. The van der Waals surface area contributed by atoms with E-state index in [2.05, 4.69) is 10.3 Å². The number of hydrogen-bond donors (Lipinski definition) is 1. The summed E-state index contributed by atoms with van der Waals surface area (Å²) in [5.41, 5.74) is 0.987. The highest BCUT2D eigenvalue weighted by Crippen LogP contribution is 2.26. The first-order chi connectivity index (χ1) is 12.8. The van der Waals surface area contributed by atoms with E-state index in [0.29, 0.717) is 24.4 Å². The van der Waals surface area contributed by atoms with Crippen LogP contribution in [0.4, 0.5) is 9.52 Å². The number of nitrogens with zero attached hydrogens (tertiary/aromatic N) is 1. The molecule has 0 unspecified atom stereocenters. The quantitative estimate of drug-likeness (QED) is 0.766. The van der Waals surface area contributed by atoms with Crippen molar-refractivity contribution in [3.05, 3.63) is 47.2 Å². The van der Waals surface area contributed by atoms with Gasteiger partial charge in [-0.25, -0.2) is 13.4 Å². The smallest absolute Gasteiger partial charge is 0.257 e. The summed E-state index contributed by atoms with van der Waals surface area (Å²) in [4.78, 5) is 16.8. The van der Waals surface area contributed by atoms with Crippen LogP contribution >= 0.6 is 11.3 Å². The van der Waals surface area contributed by atoms with Crippen LogP contribution in [0.15, 0.2) is 41.4 Å². The summed E-state index contributed by atoms with van der Waals surface area (Å²) in [6.45, 7) is 1.25. The third kappa shape index (κ3) is 5.21. The average molecular weight is 410 g/mol. The van der Waals surface area contributed by atoms with Gasteiger partial charge in [0.2, 0.25) is 0 Å². The fourth-order valence-corrected chi connectivity index (χ4v) is 3.95. The Hall–Kier alpha value is -2.10. The lowest BCUT2D eigenvalue weighted by Gasteiger charge is -2.20. The van der Waals surface area contributed by atoms with Crippen LogP contribution in [-0.2, 0) is 19.4 Å². The number of rotatable bonds is 5. The maximum Gasteiger partial charge on any atom is 0.257 e. The standard InChI is InChI=1S/C18H19FN2O4S2/c1-27(23,24)14-4-2-13(3-5-14)15(10-12-6-8-25-9-7-12)17(22)21-18-20-11-16(19)26-18/h2-5,10-12H,6-9H2,1H3,(H,20,21,22)/b15-10+. The number of carbonyl (C=O) groups excluding carboxylic acids is 1. The molecule has 0 spiro atoms. The molecule has 3 rings (SSSR count). The minimum absolute atomic E-state index is 0.169. The molecule has 0 aliphatic carbocycles. The molecule has 0 radical (unpaired) electrons. The van der Waals surface area contributed by atoms with Gasteiger partial charge in [0.25, 0.3) is 5.91 Å². The van der Waals surface area contributed by atoms with Crippen molar-refractivity contribution < 1.29 is 22.3 Å². The molecule has 1 aromatic heterocycles. The first kappa shape index (κ1) is 19.7. The molecule has 1 amide bonds. The molecule has 0 saturated carbocycles. The molecule has 2 aromatic rings. The van der Waals surface area contributed by atoms with Crippen LogP contribution in [0.25, 0.3) is 5.57 Å². The van der Waals surface area contributed by atoms with Crippen molar-refractivity contribution in [2.75, 3.05) is 24.8 Å². The van der Waals surface area contributed by atoms with Crippen molar-refractivity contribution in [3.8, 4) is 0 Å². The number of carbonyl (C=O) groups is 1. The fraction of sp³-hybridized carbons (Fsp3) is 0.333. The van der Waals surface area contributed by atoms with E-state index >= 15 is 0 Å². The molecule has 9 heteroatoms. The number of thiazole rings is 1. The highest BCUT2D eigenvalue weighted by atomic mass is 32.2. The minimum atomic E-state index is -3.33. The summed E-state index contributed by atoms with van der Waals surface area (Å²) in [6.07, 6.45) is 5.64. The average Bonchev–Trinajstić information content (AvgIpc) is 3.04. The number of anilines is 1. The fourth-order valence-electron chi connectivity index (χ4n) is 2.78. The lowest BCUT2D eigenvalue weighted by molar-refractivity contribution is -0.111. The van der Waals surface area contributed by atoms with Crippen LogP contribution in [0.3, 0.4) is 0 Å². The number of ether oxygens (including phenoxy) is 1. The molecule has 27 heavy (non-hydrogen) atoms. The number of nitrogens with one attached hydrogen (secondary N) is 1. The van der Waals surface area contributed by atoms with E-state index in [1.807, 2.05) is 6.08 Å². The van der Waals surface area contributed by atoms with E-state index in [1.54, 1.807) is 12.1 Å². The van der Waals surface area contributed by atoms with Crippen molar-refractivity contribution in [2.24, 2.45) is 5.92 Å². The van der Waals surface area contributed by atoms with E-state index in [9.17, 15) is 17.6 Å². The molecule has 1 aliphatic heterocycles. The van der Waals surface area contributed by atoms with Crippen LogP contribution < -0.4 is 5.32 Å². The predicted molar refractivity (Wildman–Crippen MR) is 102 cm³/mol. The number of hydrogen-bond acceptors (Lipinski definition) is 6. The zero-order valence-electron chi connectivity index (χ0n) is 14.6. The summed E-state index contributed by atoms with van der Waals surface area (Å²) in [7, 11) is -3.33. The molecule has 1 N–H and O–H groups in total. The summed E-state index contributed by atoms with van der Waals surface area (Å²) in [5, 5.41) is 2.29. The van der Waals surface area contributed by atoms with Crippen molar-refractivity contribution in [1.29, 1.82) is 0 Å². The maximum absolute atomic E-state index is 13.1. The van der Waals surface area contributed by atoms with E-state index in [4.69, 9.17) is 4.74 Å². The van der Waals surface area contributed by atoms with Crippen LogP contribution in [0.5, 0.6) is 0 Å². The zero-order chi connectivity index (χ0) is 19.4. The summed E-state index contributed by atoms with van der Waals surface area (Å²) in [6, 6.07) is 6.14. The monoisotopic (exact) mass is 410 g/mol. The van der Waals surface area contributed by atoms with Gasteiger partial charge < -0.3 is 4.74 Å². The zero-order valence-corrected chi connectivity index (χ0v) is 16.3. The Morgan fingerprint density at radius 1 is 1.30 bits per heavy atom. The Morgan fingerprint density at radius 2 is 1.96 bits per heavy atom. The maximum atomic E-state index is 13.1. The number of amides is 1. The number of allylic oxidation sites excluding steroid dienone is 1. The summed E-state index contributed by atoms with van der Waals surface area (Å²) >= 11 is 0.744. The highest BCUT2D eigenvalue weighted by molar-refractivity contribution is 7.90. The number of sulfone groups is 1. The van der Waals surface area contributed by atoms with E-state index < -0.39 is 20.9 Å². The Labute approximate surface area is 161 Å². The summed E-state index contributed by atoms with van der Waals surface area (Å²) in [5.74, 6) is -0.245. The molecule has 0 atom stereocenters. The normalized spacial score (nSPS) is 16.3. The lowest BCUT2D eigenvalue weighted by atomic mass is 9.94. The van der Waals surface area contributed by atoms with Gasteiger partial charge in [-0.3, -0.25) is 10.1 Å². The van der Waals surface area contributed by atoms with Crippen molar-refractivity contribution >= 4 is 37.8 Å². The molecule has 2 heterocycles. The van der Waals surface area contributed by atoms with Gasteiger partial charge in [0, 0.05) is 25.0 Å². The number of benzene rings is 1. The van der Waals surface area contributed by atoms with E-state index in [-0.39, 0.29) is 15.9 Å². The van der Waals surface area contributed by atoms with Crippen LogP contribution in [0, 0.1) is 11.0 Å². The molecule has 1 fully saturated rings. The Kier molecular flexibility index (Phi) is 6.03. The second-order valence-electron chi connectivity index (χ2n) is 6.25. The van der Waals surface area contributed by atoms with Crippen molar-refractivity contribution in [2.45, 2.75) is 17.7 Å². The molecular formula is C18H19FN2O4S2. The third-order valence-electron chi connectivity index (χ3n) is 4.20. The van der Waals surface area contributed by atoms with E-state index in [1.165, 1.54) is 12.1 Å². The highest BCUT2D eigenvalue weighted by Gasteiger charge is 2.19. The van der Waals surface area contributed by atoms with Gasteiger partial charge in [-0.05, 0) is 36.5 Å². The molecule has 1 aromatic carbocycles. The van der Waals surface area contributed by atoms with Gasteiger partial charge in [-0.15, -0.1) is 0 Å². The predicted octanol–water partition coefficient (Wildman–Crippen LogP) is 3.13. The third-order valence-corrected chi connectivity index (χ3v) is 6.03. The second kappa shape index (κ2) is 8.28. The van der Waals surface area contributed by atoms with Crippen LogP contribution in [-0.4, -0.2) is 38.8 Å². The van der Waals surface area contributed by atoms with Gasteiger partial charge >= 0.3 is 0 Å². The topological polar surface area (TPSA) is 85.4 Å². The molecule has 144 valence electrons. The lowest BCUT2D eigenvalue weighted by Crippen LogP contribution is -2.18.